The fraction of sp³-hybridized carbons (Fsp3) is 0.214. The first-order valence-electron chi connectivity index (χ1n) is 5.61. The van der Waals surface area contributed by atoms with Crippen molar-refractivity contribution in [2.45, 2.75) is 19.8 Å². The first-order valence-corrected chi connectivity index (χ1v) is 6.36. The van der Waals surface area contributed by atoms with Gasteiger partial charge in [-0.2, -0.15) is 0 Å². The first kappa shape index (κ1) is 13.3. The second kappa shape index (κ2) is 5.25. The molecular formula is C14H12Cl2FN. The van der Waals surface area contributed by atoms with Gasteiger partial charge in [0.2, 0.25) is 0 Å². The molecule has 0 unspecified atom stereocenters. The number of hydrogen-bond acceptors (Lipinski definition) is 1. The number of halogens is 3. The van der Waals surface area contributed by atoms with Crippen molar-refractivity contribution < 1.29 is 4.39 Å². The van der Waals surface area contributed by atoms with E-state index in [9.17, 15) is 4.39 Å². The molecule has 2 aromatic rings. The van der Waals surface area contributed by atoms with Crippen LogP contribution in [0, 0.1) is 5.82 Å². The van der Waals surface area contributed by atoms with E-state index in [4.69, 9.17) is 23.2 Å². The Morgan fingerprint density at radius 1 is 1.11 bits per heavy atom. The molecule has 94 valence electrons. The van der Waals surface area contributed by atoms with Gasteiger partial charge in [0.25, 0.3) is 0 Å². The summed E-state index contributed by atoms with van der Waals surface area (Å²) in [6.07, 6.45) is 0. The van der Waals surface area contributed by atoms with Crippen LogP contribution in [0.5, 0.6) is 0 Å². The SMILES string of the molecule is CC(C)c1ccc(-c2cc(Cl)ccc2F)nc1Cl. The standard InChI is InChI=1S/C14H12Cl2FN/c1-8(2)10-4-6-13(18-14(10)16)11-7-9(15)3-5-12(11)17/h3-8H,1-2H3. The zero-order chi connectivity index (χ0) is 13.3. The van der Waals surface area contributed by atoms with Crippen molar-refractivity contribution in [3.8, 4) is 11.3 Å². The summed E-state index contributed by atoms with van der Waals surface area (Å²) in [7, 11) is 0. The molecule has 0 aliphatic rings. The lowest BCUT2D eigenvalue weighted by molar-refractivity contribution is 0.630. The molecule has 4 heteroatoms. The molecule has 18 heavy (non-hydrogen) atoms. The third-order valence-corrected chi connectivity index (χ3v) is 3.24. The zero-order valence-corrected chi connectivity index (χ0v) is 11.6. The third-order valence-electron chi connectivity index (χ3n) is 2.70. The van der Waals surface area contributed by atoms with Crippen LogP contribution in [0.1, 0.15) is 25.3 Å². The third kappa shape index (κ3) is 2.65. The summed E-state index contributed by atoms with van der Waals surface area (Å²) >= 11 is 12.0. The highest BCUT2D eigenvalue weighted by molar-refractivity contribution is 6.31. The first-order chi connectivity index (χ1) is 8.49. The van der Waals surface area contributed by atoms with E-state index < -0.39 is 0 Å². The van der Waals surface area contributed by atoms with Crippen molar-refractivity contribution >= 4 is 23.2 Å². The average Bonchev–Trinajstić information content (AvgIpc) is 2.31. The minimum Gasteiger partial charge on any atom is -0.236 e. The monoisotopic (exact) mass is 283 g/mol. The molecule has 0 radical (unpaired) electrons. The van der Waals surface area contributed by atoms with Gasteiger partial charge in [0, 0.05) is 10.6 Å². The van der Waals surface area contributed by atoms with E-state index in [1.54, 1.807) is 12.1 Å². The molecule has 0 spiro atoms. The molecule has 0 fully saturated rings. The number of rotatable bonds is 2. The molecule has 1 nitrogen and oxygen atoms in total. The highest BCUT2D eigenvalue weighted by atomic mass is 35.5. The highest BCUT2D eigenvalue weighted by Gasteiger charge is 2.11. The molecular weight excluding hydrogens is 272 g/mol. The van der Waals surface area contributed by atoms with Gasteiger partial charge in [-0.3, -0.25) is 0 Å². The van der Waals surface area contributed by atoms with E-state index in [1.807, 2.05) is 19.9 Å². The number of nitrogens with zero attached hydrogens (tertiary/aromatic N) is 1. The summed E-state index contributed by atoms with van der Waals surface area (Å²) in [5.74, 6) is -0.0801. The second-order valence-corrected chi connectivity index (χ2v) is 5.15. The van der Waals surface area contributed by atoms with E-state index in [-0.39, 0.29) is 11.7 Å². The minimum absolute atomic E-state index is 0.281. The largest absolute Gasteiger partial charge is 0.236 e. The lowest BCUT2D eigenvalue weighted by Gasteiger charge is -2.09. The normalized spacial score (nSPS) is 11.0. The molecule has 0 aliphatic carbocycles. The molecule has 0 atom stereocenters. The Kier molecular flexibility index (Phi) is 3.88. The van der Waals surface area contributed by atoms with Gasteiger partial charge >= 0.3 is 0 Å². The van der Waals surface area contributed by atoms with Crippen molar-refractivity contribution in [2.24, 2.45) is 0 Å². The molecule has 0 amide bonds. The highest BCUT2D eigenvalue weighted by Crippen LogP contribution is 2.29. The van der Waals surface area contributed by atoms with Gasteiger partial charge in [-0.15, -0.1) is 0 Å². The maximum atomic E-state index is 13.7. The Labute approximate surface area is 116 Å². The van der Waals surface area contributed by atoms with Crippen molar-refractivity contribution in [3.05, 3.63) is 51.9 Å². The second-order valence-electron chi connectivity index (χ2n) is 4.36. The molecule has 1 heterocycles. The van der Waals surface area contributed by atoms with Crippen LogP contribution in [-0.2, 0) is 0 Å². The maximum Gasteiger partial charge on any atom is 0.133 e. The van der Waals surface area contributed by atoms with Crippen LogP contribution in [0.3, 0.4) is 0 Å². The van der Waals surface area contributed by atoms with Gasteiger partial charge in [-0.1, -0.05) is 43.1 Å². The van der Waals surface area contributed by atoms with Crippen molar-refractivity contribution in [1.82, 2.24) is 4.98 Å². The average molecular weight is 284 g/mol. The Morgan fingerprint density at radius 2 is 1.83 bits per heavy atom. The van der Waals surface area contributed by atoms with Gasteiger partial charge in [0.05, 0.1) is 5.69 Å². The van der Waals surface area contributed by atoms with Crippen LogP contribution in [0.4, 0.5) is 4.39 Å². The molecule has 1 aromatic heterocycles. The summed E-state index contributed by atoms with van der Waals surface area (Å²) in [5.41, 5.74) is 1.80. The van der Waals surface area contributed by atoms with Crippen LogP contribution in [0.25, 0.3) is 11.3 Å². The molecule has 0 saturated carbocycles. The fourth-order valence-corrected chi connectivity index (χ4v) is 2.26. The molecule has 2 rings (SSSR count). The van der Waals surface area contributed by atoms with Crippen molar-refractivity contribution in [3.63, 3.8) is 0 Å². The van der Waals surface area contributed by atoms with Gasteiger partial charge < -0.3 is 0 Å². The van der Waals surface area contributed by atoms with Crippen LogP contribution >= 0.6 is 23.2 Å². The van der Waals surface area contributed by atoms with E-state index in [0.717, 1.165) is 5.56 Å². The number of benzene rings is 1. The molecule has 0 aliphatic heterocycles. The fourth-order valence-electron chi connectivity index (χ4n) is 1.72. The van der Waals surface area contributed by atoms with E-state index >= 15 is 0 Å². The van der Waals surface area contributed by atoms with Crippen molar-refractivity contribution in [1.29, 1.82) is 0 Å². The Morgan fingerprint density at radius 3 is 2.44 bits per heavy atom. The predicted octanol–water partition coefficient (Wildman–Crippen LogP) is 5.32. The maximum absolute atomic E-state index is 13.7. The zero-order valence-electron chi connectivity index (χ0n) is 10.0. The van der Waals surface area contributed by atoms with E-state index in [0.29, 0.717) is 21.4 Å². The Hall–Kier alpha value is -1.12. The Bertz CT molecular complexity index is 582. The number of pyridine rings is 1. The van der Waals surface area contributed by atoms with Crippen LogP contribution in [-0.4, -0.2) is 4.98 Å². The van der Waals surface area contributed by atoms with Crippen molar-refractivity contribution in [2.75, 3.05) is 0 Å². The summed E-state index contributed by atoms with van der Waals surface area (Å²) in [5, 5.41) is 0.874. The summed E-state index contributed by atoms with van der Waals surface area (Å²) in [4.78, 5) is 4.23. The lowest BCUT2D eigenvalue weighted by Crippen LogP contribution is -1.94. The predicted molar refractivity (Wildman–Crippen MR) is 73.7 cm³/mol. The Balaban J connectivity index is 2.52. The van der Waals surface area contributed by atoms with Gasteiger partial charge in [-0.05, 0) is 35.7 Å². The number of hydrogen-bond donors (Lipinski definition) is 0. The van der Waals surface area contributed by atoms with Gasteiger partial charge in [0.15, 0.2) is 0 Å². The number of aromatic nitrogens is 1. The summed E-state index contributed by atoms with van der Waals surface area (Å²) in [6.45, 7) is 4.06. The van der Waals surface area contributed by atoms with Gasteiger partial charge in [-0.25, -0.2) is 9.37 Å². The summed E-state index contributed by atoms with van der Waals surface area (Å²) in [6, 6.07) is 8.00. The van der Waals surface area contributed by atoms with E-state index in [2.05, 4.69) is 4.98 Å². The topological polar surface area (TPSA) is 12.9 Å². The van der Waals surface area contributed by atoms with Crippen LogP contribution in [0.2, 0.25) is 10.2 Å². The van der Waals surface area contributed by atoms with Gasteiger partial charge in [0.1, 0.15) is 11.0 Å². The van der Waals surface area contributed by atoms with Crippen LogP contribution in [0.15, 0.2) is 30.3 Å². The van der Waals surface area contributed by atoms with E-state index in [1.165, 1.54) is 12.1 Å². The molecule has 0 saturated heterocycles. The lowest BCUT2D eigenvalue weighted by atomic mass is 10.0. The minimum atomic E-state index is -0.361. The quantitative estimate of drug-likeness (QED) is 0.680. The van der Waals surface area contributed by atoms with Crippen LogP contribution < -0.4 is 0 Å². The smallest absolute Gasteiger partial charge is 0.133 e. The summed E-state index contributed by atoms with van der Waals surface area (Å²) < 4.78 is 13.7. The molecule has 0 bridgehead atoms. The molecule has 1 aromatic carbocycles. The molecule has 0 N–H and O–H groups in total.